The van der Waals surface area contributed by atoms with Gasteiger partial charge in [0.25, 0.3) is 5.56 Å². The third kappa shape index (κ3) is 4.45. The molecule has 0 bridgehead atoms. The van der Waals surface area contributed by atoms with E-state index in [1.165, 1.54) is 12.1 Å². The van der Waals surface area contributed by atoms with Crippen molar-refractivity contribution >= 4 is 22.9 Å². The minimum absolute atomic E-state index is 0.00770. The van der Waals surface area contributed by atoms with Crippen molar-refractivity contribution in [3.8, 4) is 0 Å². The summed E-state index contributed by atoms with van der Waals surface area (Å²) in [6.45, 7) is 7.65. The van der Waals surface area contributed by atoms with E-state index < -0.39 is 0 Å². The quantitative estimate of drug-likeness (QED) is 0.669. The molecular weight excluding hydrogens is 399 g/mol. The van der Waals surface area contributed by atoms with Crippen LogP contribution in [0, 0.1) is 11.7 Å². The van der Waals surface area contributed by atoms with Crippen LogP contribution >= 0.6 is 0 Å². The Labute approximate surface area is 179 Å². The molecule has 3 aromatic rings. The third-order valence-corrected chi connectivity index (χ3v) is 5.61. The number of anilines is 1. The average molecular weight is 426 g/mol. The molecule has 2 aromatic heterocycles. The minimum Gasteiger partial charge on any atom is -0.352 e. The Kier molecular flexibility index (Phi) is 5.51. The Morgan fingerprint density at radius 2 is 1.90 bits per heavy atom. The fraction of sp³-hybridized carbons (Fsp3) is 0.455. The molecule has 3 heterocycles. The number of halogens is 1. The number of carbonyl (C=O) groups is 1. The molecule has 1 aliphatic rings. The predicted octanol–water partition coefficient (Wildman–Crippen LogP) is 2.55. The number of hydrogen-bond donors (Lipinski definition) is 2. The van der Waals surface area contributed by atoms with Crippen molar-refractivity contribution in [2.75, 3.05) is 18.0 Å². The number of hydrogen-bond acceptors (Lipinski definition) is 5. The minimum atomic E-state index is -0.296. The van der Waals surface area contributed by atoms with E-state index in [0.717, 1.165) is 5.56 Å². The van der Waals surface area contributed by atoms with Gasteiger partial charge in [-0.05, 0) is 51.3 Å². The van der Waals surface area contributed by atoms with Gasteiger partial charge in [-0.25, -0.2) is 9.07 Å². The highest BCUT2D eigenvalue weighted by Gasteiger charge is 2.27. The summed E-state index contributed by atoms with van der Waals surface area (Å²) in [5.41, 5.74) is 0.910. The summed E-state index contributed by atoms with van der Waals surface area (Å²) >= 11 is 0. The molecule has 0 unspecified atom stereocenters. The lowest BCUT2D eigenvalue weighted by molar-refractivity contribution is -0.125. The van der Waals surface area contributed by atoms with E-state index >= 15 is 0 Å². The Morgan fingerprint density at radius 1 is 1.23 bits per heavy atom. The van der Waals surface area contributed by atoms with E-state index in [1.807, 2.05) is 25.7 Å². The third-order valence-electron chi connectivity index (χ3n) is 5.61. The van der Waals surface area contributed by atoms with E-state index in [1.54, 1.807) is 23.0 Å². The van der Waals surface area contributed by atoms with E-state index in [-0.39, 0.29) is 28.7 Å². The van der Waals surface area contributed by atoms with E-state index in [0.29, 0.717) is 49.5 Å². The molecule has 0 radical (unpaired) electrons. The van der Waals surface area contributed by atoms with Crippen LogP contribution in [0.1, 0.15) is 39.2 Å². The number of H-pyrrole nitrogens is 1. The summed E-state index contributed by atoms with van der Waals surface area (Å²) in [4.78, 5) is 34.6. The van der Waals surface area contributed by atoms with Crippen LogP contribution in [-0.2, 0) is 16.9 Å². The maximum Gasteiger partial charge on any atom is 0.263 e. The summed E-state index contributed by atoms with van der Waals surface area (Å²) in [5, 5.41) is 7.74. The second kappa shape index (κ2) is 8.13. The first-order valence-electron chi connectivity index (χ1n) is 10.5. The van der Waals surface area contributed by atoms with Gasteiger partial charge in [0, 0.05) is 25.6 Å². The van der Waals surface area contributed by atoms with Crippen molar-refractivity contribution in [3.05, 3.63) is 52.2 Å². The van der Waals surface area contributed by atoms with Crippen molar-refractivity contribution in [2.24, 2.45) is 5.92 Å². The zero-order chi connectivity index (χ0) is 22.2. The van der Waals surface area contributed by atoms with Gasteiger partial charge < -0.3 is 10.2 Å². The molecule has 1 saturated heterocycles. The zero-order valence-corrected chi connectivity index (χ0v) is 18.0. The normalized spacial score (nSPS) is 15.4. The molecule has 1 aliphatic heterocycles. The fourth-order valence-corrected chi connectivity index (χ4v) is 3.84. The second-order valence-electron chi connectivity index (χ2n) is 8.96. The van der Waals surface area contributed by atoms with Crippen molar-refractivity contribution in [1.29, 1.82) is 0 Å². The Morgan fingerprint density at radius 3 is 2.55 bits per heavy atom. The first-order chi connectivity index (χ1) is 14.7. The monoisotopic (exact) mass is 426 g/mol. The molecule has 9 heteroatoms. The van der Waals surface area contributed by atoms with E-state index in [2.05, 4.69) is 20.4 Å². The number of rotatable bonds is 4. The Balaban J connectivity index is 1.41. The summed E-state index contributed by atoms with van der Waals surface area (Å²) in [6.07, 6.45) is 2.87. The molecule has 1 fully saturated rings. The van der Waals surface area contributed by atoms with Crippen LogP contribution in [0.3, 0.4) is 0 Å². The molecule has 31 heavy (non-hydrogen) atoms. The maximum atomic E-state index is 13.0. The lowest BCUT2D eigenvalue weighted by Gasteiger charge is -2.31. The molecule has 164 valence electrons. The molecule has 0 saturated carbocycles. The average Bonchev–Trinajstić information content (AvgIpc) is 3.18. The Hall–Kier alpha value is -3.23. The molecule has 4 rings (SSSR count). The van der Waals surface area contributed by atoms with Gasteiger partial charge in [-0.2, -0.15) is 10.1 Å². The predicted molar refractivity (Wildman–Crippen MR) is 116 cm³/mol. The molecule has 2 N–H and O–H groups in total. The molecular formula is C22H27FN6O2. The highest BCUT2D eigenvalue weighted by molar-refractivity contribution is 5.79. The molecule has 1 amide bonds. The van der Waals surface area contributed by atoms with Gasteiger partial charge in [0.15, 0.2) is 5.65 Å². The lowest BCUT2D eigenvalue weighted by atomic mass is 9.96. The maximum absolute atomic E-state index is 13.0. The number of aromatic nitrogens is 4. The summed E-state index contributed by atoms with van der Waals surface area (Å²) in [5.74, 6) is 0.102. The highest BCUT2D eigenvalue weighted by atomic mass is 19.1. The van der Waals surface area contributed by atoms with Gasteiger partial charge in [0.2, 0.25) is 11.9 Å². The molecule has 8 nitrogen and oxygen atoms in total. The molecule has 0 aliphatic carbocycles. The zero-order valence-electron chi connectivity index (χ0n) is 18.0. The summed E-state index contributed by atoms with van der Waals surface area (Å²) < 4.78 is 14.8. The van der Waals surface area contributed by atoms with Crippen LogP contribution in [0.15, 0.2) is 35.3 Å². The van der Waals surface area contributed by atoms with Gasteiger partial charge in [0.05, 0.1) is 11.7 Å². The number of fused-ring (bicyclic) bond motifs is 1. The van der Waals surface area contributed by atoms with Gasteiger partial charge in [-0.3, -0.25) is 14.6 Å². The Bertz CT molecular complexity index is 1140. The molecule has 0 spiro atoms. The van der Waals surface area contributed by atoms with Crippen molar-refractivity contribution in [2.45, 2.75) is 45.7 Å². The van der Waals surface area contributed by atoms with E-state index in [9.17, 15) is 14.0 Å². The number of amides is 1. The van der Waals surface area contributed by atoms with Gasteiger partial charge in [0.1, 0.15) is 11.2 Å². The van der Waals surface area contributed by atoms with Crippen molar-refractivity contribution in [3.63, 3.8) is 0 Å². The number of nitrogens with zero attached hydrogens (tertiary/aromatic N) is 4. The molecule has 1 aromatic carbocycles. The number of aromatic amines is 1. The van der Waals surface area contributed by atoms with E-state index in [4.69, 9.17) is 0 Å². The smallest absolute Gasteiger partial charge is 0.263 e. The summed E-state index contributed by atoms with van der Waals surface area (Å²) in [7, 11) is 0. The second-order valence-corrected chi connectivity index (χ2v) is 8.96. The first-order valence-corrected chi connectivity index (χ1v) is 10.5. The van der Waals surface area contributed by atoms with Crippen molar-refractivity contribution in [1.82, 2.24) is 25.1 Å². The van der Waals surface area contributed by atoms with Crippen LogP contribution in [0.25, 0.3) is 11.0 Å². The number of nitrogens with one attached hydrogen (secondary N) is 2. The number of carbonyl (C=O) groups excluding carboxylic acids is 1. The fourth-order valence-electron chi connectivity index (χ4n) is 3.84. The van der Waals surface area contributed by atoms with Crippen LogP contribution in [0.2, 0.25) is 0 Å². The topological polar surface area (TPSA) is 95.9 Å². The van der Waals surface area contributed by atoms with Crippen LogP contribution in [-0.4, -0.2) is 38.7 Å². The van der Waals surface area contributed by atoms with Crippen LogP contribution in [0.5, 0.6) is 0 Å². The van der Waals surface area contributed by atoms with Gasteiger partial charge >= 0.3 is 0 Å². The number of piperidine rings is 1. The van der Waals surface area contributed by atoms with Crippen molar-refractivity contribution < 1.29 is 9.18 Å². The van der Waals surface area contributed by atoms with Crippen LogP contribution < -0.4 is 15.8 Å². The summed E-state index contributed by atoms with van der Waals surface area (Å²) in [6, 6.07) is 6.10. The lowest BCUT2D eigenvalue weighted by Crippen LogP contribution is -2.41. The highest BCUT2D eigenvalue weighted by Crippen LogP contribution is 2.23. The largest absolute Gasteiger partial charge is 0.352 e. The van der Waals surface area contributed by atoms with Gasteiger partial charge in [-0.1, -0.05) is 12.1 Å². The van der Waals surface area contributed by atoms with Crippen LogP contribution in [0.4, 0.5) is 10.3 Å². The standard InChI is InChI=1S/C22H27FN6O2/c1-22(2,3)29-18-17(13-25-29)20(31)27-21(26-18)28-10-8-15(9-11-28)19(30)24-12-14-4-6-16(23)7-5-14/h4-7,13,15H,8-12H2,1-3H3,(H,24,30)(H,26,27,31). The van der Waals surface area contributed by atoms with Gasteiger partial charge in [-0.15, -0.1) is 0 Å². The molecule has 0 atom stereocenters. The first kappa shape index (κ1) is 21.0. The SMILES string of the molecule is CC(C)(C)n1ncc2c(=O)[nH]c(N3CCC(C(=O)NCc4ccc(F)cc4)CC3)nc21. The number of benzene rings is 1.